The Morgan fingerprint density at radius 2 is 1.97 bits per heavy atom. The first-order valence-corrected chi connectivity index (χ1v) is 11.0. The van der Waals surface area contributed by atoms with Crippen LogP contribution < -0.4 is 9.47 Å². The second kappa shape index (κ2) is 6.21. The third-order valence-corrected chi connectivity index (χ3v) is 8.28. The maximum atomic E-state index is 13.9. The van der Waals surface area contributed by atoms with E-state index < -0.39 is 16.6 Å². The maximum Gasteiger partial charge on any atom is 0.200 e. The molecule has 0 amide bonds. The van der Waals surface area contributed by atoms with Gasteiger partial charge in [-0.15, -0.1) is 0 Å². The molecule has 2 bridgehead atoms. The topological polar surface area (TPSA) is 48.0 Å². The Hall–Kier alpha value is -2.63. The molecular formula is C26H27NO4. The molecule has 5 heteroatoms. The Bertz CT molecular complexity index is 1110. The van der Waals surface area contributed by atoms with E-state index in [0.29, 0.717) is 12.2 Å². The number of rotatable bonds is 4. The number of piperidine rings is 1. The largest absolute Gasteiger partial charge is 0.493 e. The van der Waals surface area contributed by atoms with Gasteiger partial charge in [-0.05, 0) is 55.8 Å². The van der Waals surface area contributed by atoms with Crippen LogP contribution >= 0.6 is 0 Å². The van der Waals surface area contributed by atoms with Crippen molar-refractivity contribution in [1.29, 1.82) is 0 Å². The van der Waals surface area contributed by atoms with Crippen molar-refractivity contribution in [2.24, 2.45) is 0 Å². The molecule has 4 aliphatic rings. The van der Waals surface area contributed by atoms with E-state index in [2.05, 4.69) is 30.1 Å². The lowest BCUT2D eigenvalue weighted by molar-refractivity contribution is -0.186. The van der Waals surface area contributed by atoms with Gasteiger partial charge < -0.3 is 14.2 Å². The van der Waals surface area contributed by atoms with E-state index >= 15 is 0 Å². The van der Waals surface area contributed by atoms with Crippen LogP contribution in [0.1, 0.15) is 23.1 Å². The lowest BCUT2D eigenvalue weighted by atomic mass is 9.45. The van der Waals surface area contributed by atoms with E-state index in [1.54, 1.807) is 20.3 Å². The third kappa shape index (κ3) is 2.02. The van der Waals surface area contributed by atoms with Gasteiger partial charge in [0.1, 0.15) is 5.60 Å². The van der Waals surface area contributed by atoms with E-state index in [1.165, 1.54) is 5.56 Å². The number of nitrogens with zero attached hydrogens (tertiary/aromatic N) is 1. The summed E-state index contributed by atoms with van der Waals surface area (Å²) in [5, 5.41) is 0. The highest BCUT2D eigenvalue weighted by Crippen LogP contribution is 2.68. The minimum Gasteiger partial charge on any atom is -0.493 e. The van der Waals surface area contributed by atoms with Gasteiger partial charge >= 0.3 is 0 Å². The Balaban J connectivity index is 1.71. The van der Waals surface area contributed by atoms with E-state index in [1.807, 2.05) is 30.3 Å². The average Bonchev–Trinajstić information content (AvgIpc) is 3.09. The minimum absolute atomic E-state index is 0.0124. The fraction of sp³-hybridized carbons (Fsp3) is 0.423. The molecule has 2 heterocycles. The maximum absolute atomic E-state index is 13.9. The normalized spacial score (nSPS) is 34.9. The highest BCUT2D eigenvalue weighted by molar-refractivity contribution is 6.03. The second-order valence-electron chi connectivity index (χ2n) is 9.27. The number of hydrogen-bond donors (Lipinski definition) is 0. The first kappa shape index (κ1) is 19.1. The Kier molecular flexibility index (Phi) is 3.82. The summed E-state index contributed by atoms with van der Waals surface area (Å²) in [6.45, 7) is 0.882. The van der Waals surface area contributed by atoms with Gasteiger partial charge in [0.25, 0.3) is 0 Å². The Labute approximate surface area is 182 Å². The summed E-state index contributed by atoms with van der Waals surface area (Å²) < 4.78 is 19.0. The van der Waals surface area contributed by atoms with E-state index in [4.69, 9.17) is 14.2 Å². The van der Waals surface area contributed by atoms with Crippen LogP contribution in [0.5, 0.6) is 11.5 Å². The van der Waals surface area contributed by atoms with Gasteiger partial charge in [-0.1, -0.05) is 36.4 Å². The summed E-state index contributed by atoms with van der Waals surface area (Å²) in [5.74, 6) is 1.42. The molecule has 31 heavy (non-hydrogen) atoms. The smallest absolute Gasteiger partial charge is 0.200 e. The lowest BCUT2D eigenvalue weighted by Crippen LogP contribution is -2.79. The lowest BCUT2D eigenvalue weighted by Gasteiger charge is -2.64. The summed E-state index contributed by atoms with van der Waals surface area (Å²) in [7, 11) is 5.60. The molecule has 2 aromatic rings. The van der Waals surface area contributed by atoms with Crippen LogP contribution in [0, 0.1) is 0 Å². The molecule has 6 rings (SSSR count). The van der Waals surface area contributed by atoms with E-state index in [-0.39, 0.29) is 11.8 Å². The van der Waals surface area contributed by atoms with Gasteiger partial charge in [-0.2, -0.15) is 0 Å². The molecule has 2 aromatic carbocycles. The molecule has 0 radical (unpaired) electrons. The first-order chi connectivity index (χ1) is 15.0. The number of likely N-dealkylation sites (tertiary alicyclic amines) is 1. The van der Waals surface area contributed by atoms with Gasteiger partial charge in [-0.3, -0.25) is 9.69 Å². The number of methoxy groups -OCH3 is 2. The van der Waals surface area contributed by atoms with Crippen LogP contribution in [0.2, 0.25) is 0 Å². The van der Waals surface area contributed by atoms with Crippen molar-refractivity contribution >= 4 is 5.78 Å². The second-order valence-corrected chi connectivity index (χ2v) is 9.27. The molecule has 1 fully saturated rings. The highest BCUT2D eigenvalue weighted by Gasteiger charge is 2.78. The number of benzene rings is 2. The monoisotopic (exact) mass is 417 g/mol. The van der Waals surface area contributed by atoms with Gasteiger partial charge in [0.05, 0.1) is 12.5 Å². The highest BCUT2D eigenvalue weighted by atomic mass is 16.5. The SMILES string of the molecule is COc1ccc2c3c1O[C@@]1(Cc4ccccc4)C(=O)C=C[C@@]4(OC)C(C2)N(C)CC[C@]314. The Morgan fingerprint density at radius 3 is 2.71 bits per heavy atom. The molecule has 1 spiro atoms. The van der Waals surface area contributed by atoms with Gasteiger partial charge in [0, 0.05) is 25.1 Å². The molecule has 0 aromatic heterocycles. The summed E-state index contributed by atoms with van der Waals surface area (Å²) in [4.78, 5) is 16.2. The van der Waals surface area contributed by atoms with Crippen molar-refractivity contribution in [3.63, 3.8) is 0 Å². The average molecular weight is 418 g/mol. The summed E-state index contributed by atoms with van der Waals surface area (Å²) >= 11 is 0. The fourth-order valence-corrected chi connectivity index (χ4v) is 7.01. The predicted molar refractivity (Wildman–Crippen MR) is 117 cm³/mol. The number of hydrogen-bond acceptors (Lipinski definition) is 5. The summed E-state index contributed by atoms with van der Waals surface area (Å²) in [5.41, 5.74) is 1.12. The van der Waals surface area contributed by atoms with E-state index in [9.17, 15) is 4.79 Å². The van der Waals surface area contributed by atoms with Gasteiger partial charge in [0.15, 0.2) is 22.9 Å². The summed E-state index contributed by atoms with van der Waals surface area (Å²) in [6.07, 6.45) is 5.86. The number of likely N-dealkylation sites (N-methyl/N-ethyl adjacent to an activating group) is 1. The summed E-state index contributed by atoms with van der Waals surface area (Å²) in [6, 6.07) is 14.4. The zero-order valence-electron chi connectivity index (χ0n) is 18.2. The van der Waals surface area contributed by atoms with Crippen LogP contribution in [0.3, 0.4) is 0 Å². The fourth-order valence-electron chi connectivity index (χ4n) is 7.01. The standard InChI is InChI=1S/C26H27NO4/c1-27-14-13-24-22-18-9-10-19(29-2)23(22)31-26(24,16-17-7-5-4-6-8-17)21(28)11-12-25(24,30-3)20(27)15-18/h4-12,20H,13-16H2,1-3H3/t20?,24-,25-,26+/m1/s1. The number of carbonyl (C=O) groups excluding carboxylic acids is 1. The van der Waals surface area contributed by atoms with Crippen molar-refractivity contribution in [2.75, 3.05) is 27.8 Å². The molecule has 0 N–H and O–H groups in total. The van der Waals surface area contributed by atoms with Crippen LogP contribution in [0.15, 0.2) is 54.6 Å². The van der Waals surface area contributed by atoms with Crippen LogP contribution in [0.4, 0.5) is 0 Å². The molecule has 160 valence electrons. The molecule has 4 atom stereocenters. The third-order valence-electron chi connectivity index (χ3n) is 8.28. The molecule has 0 saturated carbocycles. The number of ether oxygens (including phenoxy) is 3. The van der Waals surface area contributed by atoms with Crippen molar-refractivity contribution in [3.05, 3.63) is 71.3 Å². The molecule has 2 aliphatic heterocycles. The number of carbonyl (C=O) groups is 1. The zero-order chi connectivity index (χ0) is 21.4. The zero-order valence-corrected chi connectivity index (χ0v) is 18.2. The van der Waals surface area contributed by atoms with Gasteiger partial charge in [0.2, 0.25) is 0 Å². The van der Waals surface area contributed by atoms with E-state index in [0.717, 1.165) is 36.3 Å². The molecule has 1 unspecified atom stereocenters. The quantitative estimate of drug-likeness (QED) is 0.765. The first-order valence-electron chi connectivity index (χ1n) is 11.0. The molecular weight excluding hydrogens is 390 g/mol. The Morgan fingerprint density at radius 1 is 1.16 bits per heavy atom. The van der Waals surface area contributed by atoms with Crippen molar-refractivity contribution in [1.82, 2.24) is 4.90 Å². The van der Waals surface area contributed by atoms with Crippen LogP contribution in [-0.4, -0.2) is 55.7 Å². The number of ketones is 1. The van der Waals surface area contributed by atoms with Crippen molar-refractivity contribution in [3.8, 4) is 11.5 Å². The van der Waals surface area contributed by atoms with Crippen LogP contribution in [-0.2, 0) is 27.8 Å². The van der Waals surface area contributed by atoms with Crippen molar-refractivity contribution in [2.45, 2.75) is 41.9 Å². The molecule has 5 nitrogen and oxygen atoms in total. The van der Waals surface area contributed by atoms with Gasteiger partial charge in [-0.25, -0.2) is 0 Å². The molecule has 1 saturated heterocycles. The van der Waals surface area contributed by atoms with Crippen molar-refractivity contribution < 1.29 is 19.0 Å². The minimum atomic E-state index is -1.06. The van der Waals surface area contributed by atoms with Crippen LogP contribution in [0.25, 0.3) is 0 Å². The predicted octanol–water partition coefficient (Wildman–Crippen LogP) is 3.09. The molecule has 2 aliphatic carbocycles.